The van der Waals surface area contributed by atoms with Crippen molar-refractivity contribution in [1.82, 2.24) is 20.9 Å². The van der Waals surface area contributed by atoms with Gasteiger partial charge in [-0.2, -0.15) is 0 Å². The van der Waals surface area contributed by atoms with Gasteiger partial charge in [0, 0.05) is 11.7 Å². The smallest absolute Gasteiger partial charge is 0.407 e. The lowest BCUT2D eigenvalue weighted by Gasteiger charge is -2.27. The van der Waals surface area contributed by atoms with E-state index in [0.29, 0.717) is 17.9 Å². The normalized spacial score (nSPS) is 16.2. The molecule has 0 aliphatic heterocycles. The number of hydrogen-bond donors (Lipinski definition) is 4. The molecule has 3 rings (SSSR count). The van der Waals surface area contributed by atoms with Crippen molar-refractivity contribution in [3.05, 3.63) is 47.7 Å². The van der Waals surface area contributed by atoms with Crippen molar-refractivity contribution in [2.75, 3.05) is 5.32 Å². The number of amides is 4. The zero-order valence-electron chi connectivity index (χ0n) is 19.4. The third-order valence-corrected chi connectivity index (χ3v) is 4.99. The van der Waals surface area contributed by atoms with Crippen molar-refractivity contribution in [2.45, 2.75) is 71.2 Å². The van der Waals surface area contributed by atoms with Crippen LogP contribution in [0.1, 0.15) is 51.1 Å². The number of rotatable bonds is 6. The highest BCUT2D eigenvalue weighted by molar-refractivity contribution is 5.93. The number of nitrogens with one attached hydrogen (secondary N) is 4. The summed E-state index contributed by atoms with van der Waals surface area (Å²) in [4.78, 5) is 41.0. The van der Waals surface area contributed by atoms with Crippen molar-refractivity contribution < 1.29 is 23.5 Å². The Morgan fingerprint density at radius 1 is 1.30 bits per heavy atom. The number of anilines is 1. The highest BCUT2D eigenvalue weighted by Gasteiger charge is 2.24. The van der Waals surface area contributed by atoms with E-state index in [1.54, 1.807) is 25.3 Å². The number of urea groups is 1. The predicted octanol–water partition coefficient (Wildman–Crippen LogP) is 2.88. The maximum atomic E-state index is 12.3. The van der Waals surface area contributed by atoms with Crippen molar-refractivity contribution in [3.8, 4) is 0 Å². The molecule has 0 saturated heterocycles. The van der Waals surface area contributed by atoms with Crippen LogP contribution in [0.2, 0.25) is 0 Å². The van der Waals surface area contributed by atoms with Crippen LogP contribution in [0.5, 0.6) is 0 Å². The molecule has 10 nitrogen and oxygen atoms in total. The van der Waals surface area contributed by atoms with Gasteiger partial charge in [0.1, 0.15) is 17.4 Å². The molecule has 33 heavy (non-hydrogen) atoms. The largest absolute Gasteiger partial charge is 0.467 e. The van der Waals surface area contributed by atoms with Crippen LogP contribution in [-0.4, -0.2) is 40.7 Å². The van der Waals surface area contributed by atoms with Gasteiger partial charge in [-0.1, -0.05) is 0 Å². The Morgan fingerprint density at radius 3 is 2.79 bits per heavy atom. The predicted molar refractivity (Wildman–Crippen MR) is 122 cm³/mol. The van der Waals surface area contributed by atoms with Gasteiger partial charge in [-0.05, 0) is 70.7 Å². The van der Waals surface area contributed by atoms with Crippen LogP contribution in [0.4, 0.5) is 15.3 Å². The lowest BCUT2D eigenvalue weighted by atomic mass is 9.91. The number of fused-ring (bicyclic) bond motifs is 1. The van der Waals surface area contributed by atoms with E-state index < -0.39 is 23.8 Å². The van der Waals surface area contributed by atoms with E-state index in [1.807, 2.05) is 26.8 Å². The number of ether oxygens (including phenoxy) is 1. The summed E-state index contributed by atoms with van der Waals surface area (Å²) in [6, 6.07) is 3.99. The average molecular weight is 458 g/mol. The standard InChI is InChI=1S/C23H31N5O5/c1-14(20(29)25-13-18-6-5-9-32-18)26-21(30)27-17-11-15-10-16(7-8-19(15)24-12-17)28-22(31)33-23(2,3)4/h5-6,9,11-12,14,16H,7-8,10,13H2,1-4H3,(H,25,29)(H,28,31)(H2,26,27,30). The highest BCUT2D eigenvalue weighted by atomic mass is 16.6. The van der Waals surface area contributed by atoms with Gasteiger partial charge in [0.25, 0.3) is 0 Å². The van der Waals surface area contributed by atoms with Gasteiger partial charge in [0.2, 0.25) is 5.91 Å². The molecule has 0 aromatic carbocycles. The SMILES string of the molecule is CC(NC(=O)Nc1cnc2c(c1)CC(NC(=O)OC(C)(C)C)CC2)C(=O)NCc1ccco1. The number of furan rings is 1. The van der Waals surface area contributed by atoms with Crippen LogP contribution in [0.25, 0.3) is 0 Å². The summed E-state index contributed by atoms with van der Waals surface area (Å²) in [5, 5.41) is 10.9. The van der Waals surface area contributed by atoms with E-state index in [0.717, 1.165) is 24.1 Å². The number of aromatic nitrogens is 1. The number of carbonyl (C=O) groups is 3. The molecule has 0 bridgehead atoms. The number of carbonyl (C=O) groups excluding carboxylic acids is 3. The van der Waals surface area contributed by atoms with E-state index in [-0.39, 0.29) is 18.5 Å². The Hall–Kier alpha value is -3.56. The number of aryl methyl sites for hydroxylation is 1. The molecule has 0 saturated carbocycles. The Bertz CT molecular complexity index is 984. The zero-order valence-corrected chi connectivity index (χ0v) is 19.4. The zero-order chi connectivity index (χ0) is 24.0. The first-order valence-electron chi connectivity index (χ1n) is 10.9. The molecule has 0 spiro atoms. The van der Waals surface area contributed by atoms with Gasteiger partial charge >= 0.3 is 12.1 Å². The minimum atomic E-state index is -0.743. The molecule has 178 valence electrons. The molecule has 2 aromatic heterocycles. The highest BCUT2D eigenvalue weighted by Crippen LogP contribution is 2.23. The lowest BCUT2D eigenvalue weighted by Crippen LogP contribution is -2.46. The van der Waals surface area contributed by atoms with E-state index in [2.05, 4.69) is 26.3 Å². The fourth-order valence-electron chi connectivity index (χ4n) is 3.45. The average Bonchev–Trinajstić information content (AvgIpc) is 3.23. The van der Waals surface area contributed by atoms with E-state index >= 15 is 0 Å². The molecule has 4 N–H and O–H groups in total. The van der Waals surface area contributed by atoms with Gasteiger partial charge in [-0.15, -0.1) is 0 Å². The molecule has 1 aliphatic carbocycles. The van der Waals surface area contributed by atoms with Crippen LogP contribution in [0, 0.1) is 0 Å². The molecule has 10 heteroatoms. The van der Waals surface area contributed by atoms with Crippen LogP contribution in [-0.2, 0) is 28.9 Å². The van der Waals surface area contributed by atoms with E-state index in [9.17, 15) is 14.4 Å². The van der Waals surface area contributed by atoms with Crippen LogP contribution < -0.4 is 21.3 Å². The van der Waals surface area contributed by atoms with Crippen LogP contribution >= 0.6 is 0 Å². The molecule has 2 atom stereocenters. The molecule has 2 aromatic rings. The topological polar surface area (TPSA) is 135 Å². The Labute approximate surface area is 192 Å². The summed E-state index contributed by atoms with van der Waals surface area (Å²) >= 11 is 0. The first kappa shape index (κ1) is 24.1. The third kappa shape index (κ3) is 7.51. The van der Waals surface area contributed by atoms with Crippen molar-refractivity contribution in [1.29, 1.82) is 0 Å². The maximum absolute atomic E-state index is 12.3. The molecular weight excluding hydrogens is 426 g/mol. The fourth-order valence-corrected chi connectivity index (χ4v) is 3.45. The summed E-state index contributed by atoms with van der Waals surface area (Å²) in [5.74, 6) is 0.292. The Balaban J connectivity index is 1.50. The van der Waals surface area contributed by atoms with Gasteiger partial charge in [-0.3, -0.25) is 9.78 Å². The first-order chi connectivity index (χ1) is 15.6. The summed E-state index contributed by atoms with van der Waals surface area (Å²) < 4.78 is 10.5. The molecule has 2 heterocycles. The molecule has 4 amide bonds. The number of pyridine rings is 1. The summed E-state index contributed by atoms with van der Waals surface area (Å²) in [5.41, 5.74) is 1.83. The number of hydrogen-bond acceptors (Lipinski definition) is 6. The van der Waals surface area contributed by atoms with Gasteiger partial charge in [-0.25, -0.2) is 9.59 Å². The van der Waals surface area contributed by atoms with Gasteiger partial charge < -0.3 is 30.4 Å². The van der Waals surface area contributed by atoms with Crippen molar-refractivity contribution in [2.24, 2.45) is 0 Å². The molecule has 2 unspecified atom stereocenters. The Kier molecular flexibility index (Phi) is 7.57. The second-order valence-corrected chi connectivity index (χ2v) is 9.03. The summed E-state index contributed by atoms with van der Waals surface area (Å²) in [7, 11) is 0. The second kappa shape index (κ2) is 10.4. The van der Waals surface area contributed by atoms with Crippen LogP contribution in [0.3, 0.4) is 0 Å². The number of nitrogens with zero attached hydrogens (tertiary/aromatic N) is 1. The summed E-state index contributed by atoms with van der Waals surface area (Å²) in [6.07, 6.45) is 4.73. The van der Waals surface area contributed by atoms with Gasteiger partial charge in [0.05, 0.1) is 24.7 Å². The molecule has 0 radical (unpaired) electrons. The number of alkyl carbamates (subject to hydrolysis) is 1. The monoisotopic (exact) mass is 457 g/mol. The lowest BCUT2D eigenvalue weighted by molar-refractivity contribution is -0.122. The first-order valence-corrected chi connectivity index (χ1v) is 10.9. The third-order valence-electron chi connectivity index (χ3n) is 4.99. The van der Waals surface area contributed by atoms with Crippen molar-refractivity contribution in [3.63, 3.8) is 0 Å². The quantitative estimate of drug-likeness (QED) is 0.527. The fraction of sp³-hybridized carbons (Fsp3) is 0.478. The van der Waals surface area contributed by atoms with E-state index in [4.69, 9.17) is 9.15 Å². The van der Waals surface area contributed by atoms with E-state index in [1.165, 1.54) is 6.26 Å². The maximum Gasteiger partial charge on any atom is 0.407 e. The molecule has 0 fully saturated rings. The Morgan fingerprint density at radius 2 is 2.09 bits per heavy atom. The van der Waals surface area contributed by atoms with Crippen LogP contribution in [0.15, 0.2) is 35.1 Å². The second-order valence-electron chi connectivity index (χ2n) is 9.03. The minimum Gasteiger partial charge on any atom is -0.467 e. The molecule has 1 aliphatic rings. The van der Waals surface area contributed by atoms with Gasteiger partial charge in [0.15, 0.2) is 0 Å². The molecular formula is C23H31N5O5. The van der Waals surface area contributed by atoms with Crippen molar-refractivity contribution >= 4 is 23.7 Å². The summed E-state index contributed by atoms with van der Waals surface area (Å²) in [6.45, 7) is 7.29. The minimum absolute atomic E-state index is 0.0730.